The van der Waals surface area contributed by atoms with Gasteiger partial charge in [0, 0.05) is 12.3 Å². The molecule has 1 aliphatic heterocycles. The van der Waals surface area contributed by atoms with Gasteiger partial charge in [-0.3, -0.25) is 4.79 Å². The van der Waals surface area contributed by atoms with Crippen LogP contribution in [0.15, 0.2) is 12.1 Å². The predicted octanol–water partition coefficient (Wildman–Crippen LogP) is 2.67. The molecule has 3 atom stereocenters. The van der Waals surface area contributed by atoms with E-state index >= 15 is 0 Å². The van der Waals surface area contributed by atoms with E-state index in [-0.39, 0.29) is 11.3 Å². The van der Waals surface area contributed by atoms with Gasteiger partial charge in [-0.25, -0.2) is 0 Å². The summed E-state index contributed by atoms with van der Waals surface area (Å²) >= 11 is 0. The molecule has 0 amide bonds. The summed E-state index contributed by atoms with van der Waals surface area (Å²) in [6.45, 7) is 6.17. The Balaban J connectivity index is 2.10. The van der Waals surface area contributed by atoms with Crippen LogP contribution in [0.3, 0.4) is 0 Å². The number of ketones is 1. The van der Waals surface area contributed by atoms with E-state index in [1.807, 2.05) is 0 Å². The third-order valence-electron chi connectivity index (χ3n) is 5.72. The molecule has 4 heteroatoms. The number of carbonyl (C=O) groups is 1. The molecule has 0 aromatic heterocycles. The summed E-state index contributed by atoms with van der Waals surface area (Å²) in [5.41, 5.74) is -0.00828. The minimum absolute atomic E-state index is 0.173. The van der Waals surface area contributed by atoms with E-state index in [4.69, 9.17) is 4.65 Å². The zero-order chi connectivity index (χ0) is 13.7. The monoisotopic (exact) mass is 262 g/mol. The second-order valence-electron chi connectivity index (χ2n) is 6.49. The Kier molecular flexibility index (Phi) is 3.14. The maximum atomic E-state index is 12.7. The van der Waals surface area contributed by atoms with Crippen LogP contribution in [0.25, 0.3) is 0 Å². The summed E-state index contributed by atoms with van der Waals surface area (Å²) < 4.78 is 6.03. The molecule has 3 nitrogen and oxygen atoms in total. The lowest BCUT2D eigenvalue weighted by Gasteiger charge is -2.56. The molecule has 1 N–H and O–H groups in total. The Morgan fingerprint density at radius 1 is 1.47 bits per heavy atom. The fourth-order valence-electron chi connectivity index (χ4n) is 5.01. The number of rotatable bonds is 2. The standard InChI is InChI=1S/C15H23BO3/c1-3-8-14-9-4-6-12-11(2)16(18)19-15(12,14)10-5-7-13(14)17/h12,18H,2-10H2,1H3/t12-,14-,15+/m0/s1. The van der Waals surface area contributed by atoms with Gasteiger partial charge in [0.25, 0.3) is 0 Å². The molecule has 1 heterocycles. The van der Waals surface area contributed by atoms with Crippen molar-refractivity contribution in [2.75, 3.05) is 0 Å². The van der Waals surface area contributed by atoms with Gasteiger partial charge in [0.15, 0.2) is 0 Å². The molecule has 19 heavy (non-hydrogen) atoms. The zero-order valence-corrected chi connectivity index (χ0v) is 11.8. The molecule has 0 unspecified atom stereocenters. The Labute approximate surface area is 115 Å². The zero-order valence-electron chi connectivity index (χ0n) is 11.8. The van der Waals surface area contributed by atoms with Gasteiger partial charge < -0.3 is 9.68 Å². The van der Waals surface area contributed by atoms with Crippen LogP contribution < -0.4 is 0 Å². The van der Waals surface area contributed by atoms with E-state index in [0.29, 0.717) is 12.2 Å². The fourth-order valence-corrected chi connectivity index (χ4v) is 5.01. The van der Waals surface area contributed by atoms with Gasteiger partial charge >= 0.3 is 7.12 Å². The molecule has 0 bridgehead atoms. The van der Waals surface area contributed by atoms with Gasteiger partial charge in [-0.2, -0.15) is 0 Å². The fraction of sp³-hybridized carbons (Fsp3) is 0.800. The van der Waals surface area contributed by atoms with Crippen LogP contribution in [0.5, 0.6) is 0 Å². The van der Waals surface area contributed by atoms with Gasteiger partial charge in [-0.1, -0.05) is 19.8 Å². The summed E-state index contributed by atoms with van der Waals surface area (Å²) in [7, 11) is -0.870. The highest BCUT2D eigenvalue weighted by atomic mass is 16.5. The van der Waals surface area contributed by atoms with Crippen LogP contribution in [0, 0.1) is 11.3 Å². The lowest BCUT2D eigenvalue weighted by molar-refractivity contribution is -0.169. The largest absolute Gasteiger partial charge is 0.487 e. The van der Waals surface area contributed by atoms with Crippen molar-refractivity contribution in [3.05, 3.63) is 12.1 Å². The van der Waals surface area contributed by atoms with Crippen molar-refractivity contribution in [2.24, 2.45) is 11.3 Å². The summed E-state index contributed by atoms with van der Waals surface area (Å²) in [5.74, 6) is 0.541. The Morgan fingerprint density at radius 2 is 2.26 bits per heavy atom. The van der Waals surface area contributed by atoms with Crippen LogP contribution in [-0.4, -0.2) is 23.5 Å². The lowest BCUT2D eigenvalue weighted by atomic mass is 9.50. The quantitative estimate of drug-likeness (QED) is 0.778. The van der Waals surface area contributed by atoms with Gasteiger partial charge in [0.2, 0.25) is 0 Å². The third-order valence-corrected chi connectivity index (χ3v) is 5.72. The molecular formula is C15H23BO3. The maximum Gasteiger partial charge on any atom is 0.487 e. The number of carbonyl (C=O) groups excluding carboxylic acids is 1. The van der Waals surface area contributed by atoms with E-state index in [9.17, 15) is 9.82 Å². The molecule has 104 valence electrons. The molecule has 1 spiro atoms. The van der Waals surface area contributed by atoms with Crippen LogP contribution in [-0.2, 0) is 9.45 Å². The molecule has 3 aliphatic rings. The van der Waals surface area contributed by atoms with Crippen molar-refractivity contribution in [1.29, 1.82) is 0 Å². The normalized spacial score (nSPS) is 42.2. The molecule has 1 saturated heterocycles. The second-order valence-corrected chi connectivity index (χ2v) is 6.49. The van der Waals surface area contributed by atoms with E-state index in [2.05, 4.69) is 13.5 Å². The summed E-state index contributed by atoms with van der Waals surface area (Å²) in [5, 5.41) is 10.1. The van der Waals surface area contributed by atoms with Crippen molar-refractivity contribution >= 4 is 12.9 Å². The smallest absolute Gasteiger partial charge is 0.423 e. The van der Waals surface area contributed by atoms with Gasteiger partial charge in [-0.15, -0.1) is 6.58 Å². The van der Waals surface area contributed by atoms with Crippen molar-refractivity contribution in [2.45, 2.75) is 63.9 Å². The van der Waals surface area contributed by atoms with Gasteiger partial charge in [0.1, 0.15) is 5.78 Å². The lowest BCUT2D eigenvalue weighted by Crippen LogP contribution is -2.61. The predicted molar refractivity (Wildman–Crippen MR) is 74.5 cm³/mol. The Morgan fingerprint density at radius 3 is 3.00 bits per heavy atom. The number of Topliss-reactive ketones (excluding diaryl/α,β-unsaturated/α-hetero) is 1. The first kappa shape index (κ1) is 13.4. The first-order chi connectivity index (χ1) is 9.07. The van der Waals surface area contributed by atoms with Crippen LogP contribution in [0.4, 0.5) is 0 Å². The number of hydrogen-bond donors (Lipinski definition) is 1. The van der Waals surface area contributed by atoms with Gasteiger partial charge in [-0.05, 0) is 37.6 Å². The van der Waals surface area contributed by atoms with E-state index < -0.39 is 12.7 Å². The second kappa shape index (κ2) is 4.46. The SMILES string of the molecule is C=C1B(O)O[C@@]23CCCC(=O)[C@]2(CCC)CCC[C@@H]13. The molecule has 2 aliphatic carbocycles. The molecule has 0 aromatic carbocycles. The van der Waals surface area contributed by atoms with Crippen molar-refractivity contribution < 1.29 is 14.5 Å². The highest BCUT2D eigenvalue weighted by Gasteiger charge is 2.67. The summed E-state index contributed by atoms with van der Waals surface area (Å²) in [4.78, 5) is 12.7. The highest BCUT2D eigenvalue weighted by molar-refractivity contribution is 6.53. The van der Waals surface area contributed by atoms with Crippen LogP contribution in [0.2, 0.25) is 0 Å². The average Bonchev–Trinajstić information content (AvgIpc) is 2.63. The first-order valence-corrected chi connectivity index (χ1v) is 7.65. The molecular weight excluding hydrogens is 239 g/mol. The molecule has 2 saturated carbocycles. The van der Waals surface area contributed by atoms with Crippen LogP contribution in [0.1, 0.15) is 58.3 Å². The molecule has 3 rings (SSSR count). The summed E-state index contributed by atoms with van der Waals surface area (Å²) in [6, 6.07) is 0. The minimum atomic E-state index is -0.870. The first-order valence-electron chi connectivity index (χ1n) is 7.65. The van der Waals surface area contributed by atoms with Gasteiger partial charge in [0.05, 0.1) is 11.0 Å². The summed E-state index contributed by atoms with van der Waals surface area (Å²) in [6.07, 6.45) is 7.34. The maximum absolute atomic E-state index is 12.7. The van der Waals surface area contributed by atoms with Crippen molar-refractivity contribution in [3.63, 3.8) is 0 Å². The Hall–Kier alpha value is -0.605. The molecule has 3 fully saturated rings. The van der Waals surface area contributed by atoms with Crippen LogP contribution >= 0.6 is 0 Å². The number of hydrogen-bond acceptors (Lipinski definition) is 3. The molecule has 0 radical (unpaired) electrons. The molecule has 0 aromatic rings. The Bertz CT molecular complexity index is 418. The van der Waals surface area contributed by atoms with E-state index in [0.717, 1.165) is 50.4 Å². The van der Waals surface area contributed by atoms with E-state index in [1.165, 1.54) is 0 Å². The topological polar surface area (TPSA) is 46.5 Å². The highest BCUT2D eigenvalue weighted by Crippen LogP contribution is 2.62. The minimum Gasteiger partial charge on any atom is -0.423 e. The van der Waals surface area contributed by atoms with Crippen molar-refractivity contribution in [3.8, 4) is 0 Å². The van der Waals surface area contributed by atoms with E-state index in [1.54, 1.807) is 0 Å². The average molecular weight is 262 g/mol. The third kappa shape index (κ3) is 1.56. The van der Waals surface area contributed by atoms with Crippen molar-refractivity contribution in [1.82, 2.24) is 0 Å².